The Hall–Kier alpha value is -2.34. The zero-order chi connectivity index (χ0) is 19.1. The Morgan fingerprint density at radius 3 is 3.07 bits per heavy atom. The average Bonchev–Trinajstić information content (AvgIpc) is 3.25. The molecule has 27 heavy (non-hydrogen) atoms. The van der Waals surface area contributed by atoms with Gasteiger partial charge in [0.25, 0.3) is 5.91 Å². The minimum Gasteiger partial charge on any atom is -0.497 e. The lowest BCUT2D eigenvalue weighted by Gasteiger charge is -2.35. The maximum atomic E-state index is 12.6. The van der Waals surface area contributed by atoms with Crippen LogP contribution in [0.2, 0.25) is 0 Å². The van der Waals surface area contributed by atoms with Crippen LogP contribution >= 0.6 is 0 Å². The largest absolute Gasteiger partial charge is 0.497 e. The Kier molecular flexibility index (Phi) is 6.87. The van der Waals surface area contributed by atoms with Crippen molar-refractivity contribution in [1.82, 2.24) is 19.8 Å². The predicted molar refractivity (Wildman–Crippen MR) is 106 cm³/mol. The Balaban J connectivity index is 1.51. The summed E-state index contributed by atoms with van der Waals surface area (Å²) in [6.07, 6.45) is 6.71. The normalized spacial score (nSPS) is 17.6. The number of nitrogens with zero attached hydrogens (tertiary/aromatic N) is 3. The molecule has 0 aliphatic carbocycles. The van der Waals surface area contributed by atoms with E-state index in [0.29, 0.717) is 18.3 Å². The molecule has 0 radical (unpaired) electrons. The number of carbonyl (C=O) groups is 1. The summed E-state index contributed by atoms with van der Waals surface area (Å²) in [7, 11) is 1.71. The molecule has 0 unspecified atom stereocenters. The number of methoxy groups -OCH3 is 1. The number of hydrogen-bond donors (Lipinski definition) is 1. The van der Waals surface area contributed by atoms with Crippen LogP contribution in [0.25, 0.3) is 0 Å². The first-order valence-electron chi connectivity index (χ1n) is 9.83. The smallest absolute Gasteiger partial charge is 0.289 e. The molecule has 1 N–H and O–H groups in total. The number of imidazole rings is 1. The summed E-state index contributed by atoms with van der Waals surface area (Å²) in [4.78, 5) is 24.0. The molecule has 1 aromatic heterocycles. The molecule has 6 nitrogen and oxygen atoms in total. The Morgan fingerprint density at radius 2 is 2.33 bits per heavy atom. The molecule has 0 bridgehead atoms. The molecule has 1 fully saturated rings. The van der Waals surface area contributed by atoms with E-state index in [-0.39, 0.29) is 5.91 Å². The van der Waals surface area contributed by atoms with Crippen LogP contribution in [0.15, 0.2) is 36.7 Å². The first-order chi connectivity index (χ1) is 13.2. The molecule has 0 saturated carbocycles. The van der Waals surface area contributed by atoms with Crippen LogP contribution in [0.3, 0.4) is 0 Å². The van der Waals surface area contributed by atoms with E-state index in [1.807, 2.05) is 24.0 Å². The topological polar surface area (TPSA) is 61.5 Å². The highest BCUT2D eigenvalue weighted by Crippen LogP contribution is 2.20. The zero-order valence-electron chi connectivity index (χ0n) is 16.4. The molecule has 2 heterocycles. The maximum absolute atomic E-state index is 12.6. The predicted octanol–water partition coefficient (Wildman–Crippen LogP) is 2.84. The van der Waals surface area contributed by atoms with E-state index in [1.165, 1.54) is 18.4 Å². The van der Waals surface area contributed by atoms with E-state index >= 15 is 0 Å². The number of hydrogen-bond acceptors (Lipinski definition) is 4. The van der Waals surface area contributed by atoms with Crippen molar-refractivity contribution < 1.29 is 9.53 Å². The minimum absolute atomic E-state index is 0.00370. The zero-order valence-corrected chi connectivity index (χ0v) is 16.4. The lowest BCUT2D eigenvalue weighted by Crippen LogP contribution is -2.43. The third kappa shape index (κ3) is 5.32. The Bertz CT molecular complexity index is 717. The standard InChI is InChI=1S/C21H30N4O2/c1-3-25(21(26)20-22-10-11-23-20)16-18-7-5-12-24(15-18)13-9-17-6-4-8-19(14-17)27-2/h4,6,8,10-11,14,18H,3,5,7,9,12-13,15-16H2,1-2H3,(H,22,23)/t18-/m0/s1. The number of rotatable bonds is 8. The molecule has 0 spiro atoms. The summed E-state index contributed by atoms with van der Waals surface area (Å²) < 4.78 is 5.31. The fourth-order valence-electron chi connectivity index (χ4n) is 3.82. The van der Waals surface area contributed by atoms with Gasteiger partial charge in [-0.2, -0.15) is 0 Å². The molecular formula is C21H30N4O2. The van der Waals surface area contributed by atoms with Crippen LogP contribution in [0, 0.1) is 5.92 Å². The fraction of sp³-hybridized carbons (Fsp3) is 0.524. The van der Waals surface area contributed by atoms with E-state index in [4.69, 9.17) is 4.74 Å². The van der Waals surface area contributed by atoms with Crippen LogP contribution in [0.1, 0.15) is 35.9 Å². The number of ether oxygens (including phenoxy) is 1. The van der Waals surface area contributed by atoms with Crippen LogP contribution in [0.5, 0.6) is 5.75 Å². The molecule has 1 saturated heterocycles. The number of nitrogens with one attached hydrogen (secondary N) is 1. The van der Waals surface area contributed by atoms with Crippen molar-refractivity contribution in [2.24, 2.45) is 5.92 Å². The number of aromatic nitrogens is 2. The van der Waals surface area contributed by atoms with Gasteiger partial charge in [0.2, 0.25) is 0 Å². The van der Waals surface area contributed by atoms with E-state index in [9.17, 15) is 4.79 Å². The monoisotopic (exact) mass is 370 g/mol. The highest BCUT2D eigenvalue weighted by atomic mass is 16.5. The van der Waals surface area contributed by atoms with Crippen LogP contribution in [-0.4, -0.2) is 65.5 Å². The number of aromatic amines is 1. The van der Waals surface area contributed by atoms with Crippen molar-refractivity contribution in [2.75, 3.05) is 39.8 Å². The second-order valence-corrected chi connectivity index (χ2v) is 7.19. The Morgan fingerprint density at radius 1 is 1.44 bits per heavy atom. The second-order valence-electron chi connectivity index (χ2n) is 7.19. The Labute approximate surface area is 161 Å². The van der Waals surface area contributed by atoms with Crippen molar-refractivity contribution in [1.29, 1.82) is 0 Å². The molecule has 2 aromatic rings. The molecule has 1 aliphatic rings. The number of H-pyrrole nitrogens is 1. The highest BCUT2D eigenvalue weighted by Gasteiger charge is 2.25. The fourth-order valence-corrected chi connectivity index (χ4v) is 3.82. The van der Waals surface area contributed by atoms with Gasteiger partial charge in [0.1, 0.15) is 5.75 Å². The molecule has 6 heteroatoms. The van der Waals surface area contributed by atoms with Crippen LogP contribution in [-0.2, 0) is 6.42 Å². The summed E-state index contributed by atoms with van der Waals surface area (Å²) in [6, 6.07) is 8.30. The van der Waals surface area contributed by atoms with E-state index in [1.54, 1.807) is 19.5 Å². The molecule has 3 rings (SSSR count). The molecule has 1 atom stereocenters. The summed E-state index contributed by atoms with van der Waals surface area (Å²) in [5.41, 5.74) is 1.31. The average molecular weight is 370 g/mol. The molecule has 1 aromatic carbocycles. The van der Waals surface area contributed by atoms with Crippen molar-refractivity contribution in [3.63, 3.8) is 0 Å². The summed E-state index contributed by atoms with van der Waals surface area (Å²) in [5.74, 6) is 1.86. The van der Waals surface area contributed by atoms with Crippen molar-refractivity contribution in [3.8, 4) is 5.75 Å². The minimum atomic E-state index is -0.00370. The number of carbonyl (C=O) groups excluding carboxylic acids is 1. The first kappa shape index (κ1) is 19.4. The number of likely N-dealkylation sites (tertiary alicyclic amines) is 1. The van der Waals surface area contributed by atoms with Gasteiger partial charge >= 0.3 is 0 Å². The van der Waals surface area contributed by atoms with Crippen molar-refractivity contribution in [3.05, 3.63) is 48.0 Å². The van der Waals surface area contributed by atoms with Gasteiger partial charge in [-0.25, -0.2) is 4.98 Å². The summed E-state index contributed by atoms with van der Waals surface area (Å²) in [5, 5.41) is 0. The van der Waals surface area contributed by atoms with Gasteiger partial charge in [0, 0.05) is 38.6 Å². The first-order valence-corrected chi connectivity index (χ1v) is 9.83. The lowest BCUT2D eigenvalue weighted by atomic mass is 9.96. The quantitative estimate of drug-likeness (QED) is 0.776. The van der Waals surface area contributed by atoms with Gasteiger partial charge in [0.15, 0.2) is 5.82 Å². The number of benzene rings is 1. The van der Waals surface area contributed by atoms with E-state index < -0.39 is 0 Å². The van der Waals surface area contributed by atoms with Crippen molar-refractivity contribution in [2.45, 2.75) is 26.2 Å². The van der Waals surface area contributed by atoms with Gasteiger partial charge in [-0.1, -0.05) is 12.1 Å². The SMILES string of the molecule is CCN(C[C@H]1CCCN(CCc2cccc(OC)c2)C1)C(=O)c1ncc[nH]1. The molecule has 1 aliphatic heterocycles. The molecular weight excluding hydrogens is 340 g/mol. The van der Waals surface area contributed by atoms with Gasteiger partial charge in [0.05, 0.1) is 7.11 Å². The lowest BCUT2D eigenvalue weighted by molar-refractivity contribution is 0.0680. The third-order valence-electron chi connectivity index (χ3n) is 5.30. The van der Waals surface area contributed by atoms with Gasteiger partial charge in [-0.05, 0) is 56.3 Å². The van der Waals surface area contributed by atoms with E-state index in [2.05, 4.69) is 27.0 Å². The van der Waals surface area contributed by atoms with E-state index in [0.717, 1.165) is 38.3 Å². The second kappa shape index (κ2) is 9.55. The summed E-state index contributed by atoms with van der Waals surface area (Å²) >= 11 is 0. The molecule has 1 amide bonds. The van der Waals surface area contributed by atoms with Crippen LogP contribution in [0.4, 0.5) is 0 Å². The van der Waals surface area contributed by atoms with Crippen LogP contribution < -0.4 is 4.74 Å². The van der Waals surface area contributed by atoms with Gasteiger partial charge < -0.3 is 19.5 Å². The maximum Gasteiger partial charge on any atom is 0.289 e. The molecule has 146 valence electrons. The van der Waals surface area contributed by atoms with Crippen molar-refractivity contribution >= 4 is 5.91 Å². The summed E-state index contributed by atoms with van der Waals surface area (Å²) in [6.45, 7) is 6.77. The van der Waals surface area contributed by atoms with Gasteiger partial charge in [-0.15, -0.1) is 0 Å². The third-order valence-corrected chi connectivity index (χ3v) is 5.30. The number of amides is 1. The van der Waals surface area contributed by atoms with Gasteiger partial charge in [-0.3, -0.25) is 4.79 Å². The highest BCUT2D eigenvalue weighted by molar-refractivity contribution is 5.90. The number of piperidine rings is 1.